The second-order valence-corrected chi connectivity index (χ2v) is 6.35. The zero-order valence-electron chi connectivity index (χ0n) is 14.0. The average molecular weight is 339 g/mol. The van der Waals surface area contributed by atoms with Crippen molar-refractivity contribution in [3.05, 3.63) is 66.3 Å². The van der Waals surface area contributed by atoms with Gasteiger partial charge >= 0.3 is 0 Å². The number of rotatable bonds is 4. The summed E-state index contributed by atoms with van der Waals surface area (Å²) >= 11 is 0. The van der Waals surface area contributed by atoms with Gasteiger partial charge in [-0.3, -0.25) is 9.48 Å². The third-order valence-electron chi connectivity index (χ3n) is 4.63. The van der Waals surface area contributed by atoms with E-state index in [4.69, 9.17) is 8.83 Å². The lowest BCUT2D eigenvalue weighted by Gasteiger charge is -2.27. The summed E-state index contributed by atoms with van der Waals surface area (Å²) in [6.45, 7) is 1.24. The van der Waals surface area contributed by atoms with Crippen molar-refractivity contribution in [3.8, 4) is 0 Å². The zero-order chi connectivity index (χ0) is 17.1. The molecule has 0 radical (unpaired) electrons. The summed E-state index contributed by atoms with van der Waals surface area (Å²) in [7, 11) is 0. The van der Waals surface area contributed by atoms with E-state index >= 15 is 0 Å². The first-order chi connectivity index (χ1) is 12.3. The van der Waals surface area contributed by atoms with E-state index in [1.165, 1.54) is 0 Å². The number of hydrogen-bond acceptors (Lipinski definition) is 4. The first-order valence-corrected chi connectivity index (χ1v) is 8.72. The normalized spacial score (nSPS) is 18.2. The van der Waals surface area contributed by atoms with E-state index in [-0.39, 0.29) is 11.9 Å². The molecule has 3 aromatic rings. The summed E-state index contributed by atoms with van der Waals surface area (Å²) in [6.07, 6.45) is 9.40. The Hall–Kier alpha value is -2.76. The molecule has 4 heterocycles. The van der Waals surface area contributed by atoms with Crippen LogP contribution in [0.15, 0.2) is 57.8 Å². The summed E-state index contributed by atoms with van der Waals surface area (Å²) < 4.78 is 13.1. The van der Waals surface area contributed by atoms with Crippen LogP contribution in [-0.4, -0.2) is 27.1 Å². The number of carbonyl (C=O) groups is 1. The summed E-state index contributed by atoms with van der Waals surface area (Å²) in [5.41, 5.74) is 0. The minimum absolute atomic E-state index is 0.0235. The highest BCUT2D eigenvalue weighted by Crippen LogP contribution is 2.31. The molecule has 130 valence electrons. The Morgan fingerprint density at radius 1 is 1.20 bits per heavy atom. The number of hydrogen-bond donors (Lipinski definition) is 0. The van der Waals surface area contributed by atoms with Crippen LogP contribution < -0.4 is 0 Å². The van der Waals surface area contributed by atoms with E-state index in [1.807, 2.05) is 35.4 Å². The molecule has 1 atom stereocenters. The van der Waals surface area contributed by atoms with Gasteiger partial charge in [-0.2, -0.15) is 5.10 Å². The minimum Gasteiger partial charge on any atom is -0.467 e. The van der Waals surface area contributed by atoms with Crippen LogP contribution >= 0.6 is 0 Å². The van der Waals surface area contributed by atoms with Crippen molar-refractivity contribution >= 4 is 5.91 Å². The Kier molecular flexibility index (Phi) is 4.41. The van der Waals surface area contributed by atoms with Gasteiger partial charge in [-0.15, -0.1) is 0 Å². The SMILES string of the molecule is O=C(c1ccc(Cn2cccn2)o1)N1CCCCCC1c1ccco1. The maximum Gasteiger partial charge on any atom is 0.290 e. The van der Waals surface area contributed by atoms with Gasteiger partial charge in [0.15, 0.2) is 5.76 Å². The molecule has 1 unspecified atom stereocenters. The van der Waals surface area contributed by atoms with Gasteiger partial charge in [-0.1, -0.05) is 12.8 Å². The van der Waals surface area contributed by atoms with Crippen LogP contribution in [0, 0.1) is 0 Å². The summed E-state index contributed by atoms with van der Waals surface area (Å²) in [4.78, 5) is 14.9. The van der Waals surface area contributed by atoms with Crippen LogP contribution in [0.25, 0.3) is 0 Å². The lowest BCUT2D eigenvalue weighted by Crippen LogP contribution is -2.34. The molecule has 1 aliphatic heterocycles. The van der Waals surface area contributed by atoms with E-state index in [9.17, 15) is 4.79 Å². The van der Waals surface area contributed by atoms with Gasteiger partial charge in [0.05, 0.1) is 18.8 Å². The fourth-order valence-electron chi connectivity index (χ4n) is 3.40. The van der Waals surface area contributed by atoms with E-state index in [1.54, 1.807) is 23.2 Å². The van der Waals surface area contributed by atoms with Crippen molar-refractivity contribution < 1.29 is 13.6 Å². The van der Waals surface area contributed by atoms with Crippen molar-refractivity contribution in [1.29, 1.82) is 0 Å². The second-order valence-electron chi connectivity index (χ2n) is 6.35. The molecule has 1 saturated heterocycles. The molecule has 6 heteroatoms. The Labute approximate surface area is 146 Å². The monoisotopic (exact) mass is 339 g/mol. The molecule has 1 fully saturated rings. The van der Waals surface area contributed by atoms with Gasteiger partial charge in [-0.25, -0.2) is 0 Å². The molecule has 0 aliphatic carbocycles. The third kappa shape index (κ3) is 3.38. The van der Waals surface area contributed by atoms with Gasteiger partial charge in [0.25, 0.3) is 5.91 Å². The number of amides is 1. The predicted octanol–water partition coefficient (Wildman–Crippen LogP) is 3.87. The third-order valence-corrected chi connectivity index (χ3v) is 4.63. The lowest BCUT2D eigenvalue weighted by atomic mass is 10.1. The number of carbonyl (C=O) groups excluding carboxylic acids is 1. The molecule has 1 aliphatic rings. The highest BCUT2D eigenvalue weighted by Gasteiger charge is 2.30. The molecule has 0 bridgehead atoms. The maximum atomic E-state index is 13.0. The van der Waals surface area contributed by atoms with Gasteiger partial charge in [-0.05, 0) is 43.2 Å². The Balaban J connectivity index is 1.54. The highest BCUT2D eigenvalue weighted by molar-refractivity contribution is 5.91. The van der Waals surface area contributed by atoms with Crippen LogP contribution in [0.4, 0.5) is 0 Å². The predicted molar refractivity (Wildman–Crippen MR) is 91.0 cm³/mol. The fourth-order valence-corrected chi connectivity index (χ4v) is 3.40. The summed E-state index contributed by atoms with van der Waals surface area (Å²) in [5, 5.41) is 4.16. The van der Waals surface area contributed by atoms with Crippen LogP contribution in [0.2, 0.25) is 0 Å². The first-order valence-electron chi connectivity index (χ1n) is 8.72. The fraction of sp³-hybridized carbons (Fsp3) is 0.368. The summed E-state index contributed by atoms with van der Waals surface area (Å²) in [6, 6.07) is 9.25. The molecular formula is C19H21N3O3. The number of likely N-dealkylation sites (tertiary alicyclic amines) is 1. The number of aromatic nitrogens is 2. The number of nitrogens with zero attached hydrogens (tertiary/aromatic N) is 3. The van der Waals surface area contributed by atoms with Gasteiger partial charge in [0.1, 0.15) is 11.5 Å². The first kappa shape index (κ1) is 15.7. The number of furan rings is 2. The van der Waals surface area contributed by atoms with Crippen molar-refractivity contribution in [3.63, 3.8) is 0 Å². The van der Waals surface area contributed by atoms with Gasteiger partial charge < -0.3 is 13.7 Å². The van der Waals surface area contributed by atoms with Gasteiger partial charge in [0, 0.05) is 18.9 Å². The molecule has 0 saturated carbocycles. The van der Waals surface area contributed by atoms with E-state index in [0.29, 0.717) is 12.3 Å². The van der Waals surface area contributed by atoms with Gasteiger partial charge in [0.2, 0.25) is 0 Å². The molecule has 4 rings (SSSR count). The molecule has 6 nitrogen and oxygen atoms in total. The van der Waals surface area contributed by atoms with Crippen molar-refractivity contribution in [2.75, 3.05) is 6.54 Å². The Morgan fingerprint density at radius 2 is 2.16 bits per heavy atom. The van der Waals surface area contributed by atoms with Crippen LogP contribution in [-0.2, 0) is 6.54 Å². The quantitative estimate of drug-likeness (QED) is 0.724. The molecule has 3 aromatic heterocycles. The zero-order valence-corrected chi connectivity index (χ0v) is 14.0. The van der Waals surface area contributed by atoms with E-state index < -0.39 is 0 Å². The molecule has 0 N–H and O–H groups in total. The standard InChI is InChI=1S/C19H21N3O3/c23-19(18-9-8-15(25-18)14-21-11-5-10-20-21)22-12-3-1-2-6-16(22)17-7-4-13-24-17/h4-5,7-11,13,16H,1-3,6,12,14H2. The smallest absolute Gasteiger partial charge is 0.290 e. The molecule has 0 spiro atoms. The molecule has 1 amide bonds. The van der Waals surface area contributed by atoms with Crippen molar-refractivity contribution in [2.45, 2.75) is 38.3 Å². The largest absolute Gasteiger partial charge is 0.467 e. The maximum absolute atomic E-state index is 13.0. The molecule has 25 heavy (non-hydrogen) atoms. The Morgan fingerprint density at radius 3 is 2.96 bits per heavy atom. The average Bonchev–Trinajstić information content (AvgIpc) is 3.36. The lowest BCUT2D eigenvalue weighted by molar-refractivity contribution is 0.0623. The minimum atomic E-state index is -0.0741. The molecule has 0 aromatic carbocycles. The van der Waals surface area contributed by atoms with E-state index in [0.717, 1.165) is 43.7 Å². The van der Waals surface area contributed by atoms with Crippen molar-refractivity contribution in [2.24, 2.45) is 0 Å². The summed E-state index contributed by atoms with van der Waals surface area (Å²) in [5.74, 6) is 1.87. The Bertz CT molecular complexity index is 805. The second kappa shape index (κ2) is 7.01. The van der Waals surface area contributed by atoms with E-state index in [2.05, 4.69) is 5.10 Å². The van der Waals surface area contributed by atoms with Crippen LogP contribution in [0.5, 0.6) is 0 Å². The highest BCUT2D eigenvalue weighted by atomic mass is 16.4. The van der Waals surface area contributed by atoms with Crippen molar-refractivity contribution in [1.82, 2.24) is 14.7 Å². The van der Waals surface area contributed by atoms with Crippen LogP contribution in [0.1, 0.15) is 53.8 Å². The topological polar surface area (TPSA) is 64.4 Å². The molecular weight excluding hydrogens is 318 g/mol. The van der Waals surface area contributed by atoms with Crippen LogP contribution in [0.3, 0.4) is 0 Å².